The molecule has 2 heterocycles. The van der Waals surface area contributed by atoms with E-state index in [0.29, 0.717) is 49.6 Å². The van der Waals surface area contributed by atoms with E-state index in [0.717, 1.165) is 11.1 Å². The van der Waals surface area contributed by atoms with Crippen molar-refractivity contribution < 1.29 is 33.7 Å². The maximum atomic E-state index is 13.3. The number of rotatable bonds is 11. The standard InChI is InChI=1S/C31H47N7O7/c1-18-9-10-22(43-6)25-24(18)30-13-16-37(4)19(2)31(30,42)12-11-23(26(30)45-25)44-29(41)38(5)17-15-34-27(40)21(36-20(3)39)8-7-14-35-28(32)33/h9-11,19,21,26,42H,7-8,12-17H2,1-6H3,(H,34,40)(H,36,39)(H4,32,33,35). The van der Waals surface area contributed by atoms with Crippen molar-refractivity contribution in [2.45, 2.75) is 75.7 Å². The number of aliphatic imine (C=N–C) groups is 1. The monoisotopic (exact) mass is 629 g/mol. The summed E-state index contributed by atoms with van der Waals surface area (Å²) < 4.78 is 18.2. The van der Waals surface area contributed by atoms with Crippen LogP contribution in [-0.4, -0.2) is 110 Å². The van der Waals surface area contributed by atoms with E-state index in [2.05, 4.69) is 20.5 Å². The van der Waals surface area contributed by atoms with E-state index >= 15 is 0 Å². The number of likely N-dealkylation sites (tertiary alicyclic amines) is 1. The largest absolute Gasteiger partial charge is 0.493 e. The van der Waals surface area contributed by atoms with Crippen LogP contribution in [0.25, 0.3) is 0 Å². The lowest BCUT2D eigenvalue weighted by molar-refractivity contribution is -0.153. The summed E-state index contributed by atoms with van der Waals surface area (Å²) in [7, 11) is 5.14. The molecule has 14 nitrogen and oxygen atoms in total. The van der Waals surface area contributed by atoms with Crippen molar-refractivity contribution in [1.82, 2.24) is 20.4 Å². The number of ether oxygens (including phenoxy) is 3. The topological polar surface area (TPSA) is 194 Å². The normalized spacial score (nSPS) is 25.7. The van der Waals surface area contributed by atoms with Gasteiger partial charge < -0.3 is 51.2 Å². The van der Waals surface area contributed by atoms with Crippen LogP contribution in [0.15, 0.2) is 29.0 Å². The van der Waals surface area contributed by atoms with Gasteiger partial charge in [-0.3, -0.25) is 14.6 Å². The summed E-state index contributed by atoms with van der Waals surface area (Å²) in [5.74, 6) is 0.684. The number of benzene rings is 1. The number of nitrogens with one attached hydrogen (secondary N) is 2. The molecule has 1 aliphatic carbocycles. The molecular weight excluding hydrogens is 582 g/mol. The summed E-state index contributed by atoms with van der Waals surface area (Å²) in [4.78, 5) is 45.1. The zero-order valence-corrected chi connectivity index (χ0v) is 27.0. The molecule has 14 heteroatoms. The first kappa shape index (κ1) is 33.8. The number of methoxy groups -OCH3 is 1. The summed E-state index contributed by atoms with van der Waals surface area (Å²) in [6.45, 7) is 6.66. The van der Waals surface area contributed by atoms with E-state index in [1.54, 1.807) is 20.2 Å². The Balaban J connectivity index is 1.45. The van der Waals surface area contributed by atoms with Gasteiger partial charge in [0.05, 0.1) is 18.1 Å². The van der Waals surface area contributed by atoms with Crippen LogP contribution in [0, 0.1) is 6.92 Å². The molecule has 248 valence electrons. The fraction of sp³-hybridized carbons (Fsp3) is 0.613. The molecule has 7 N–H and O–H groups in total. The molecule has 5 atom stereocenters. The number of carbonyl (C=O) groups excluding carboxylic acids is 3. The van der Waals surface area contributed by atoms with E-state index in [1.807, 2.05) is 33.0 Å². The van der Waals surface area contributed by atoms with Gasteiger partial charge in [-0.2, -0.15) is 0 Å². The van der Waals surface area contributed by atoms with Crippen molar-refractivity contribution in [2.75, 3.05) is 47.4 Å². The highest BCUT2D eigenvalue weighted by molar-refractivity contribution is 5.86. The summed E-state index contributed by atoms with van der Waals surface area (Å²) >= 11 is 0. The second kappa shape index (κ2) is 13.5. The van der Waals surface area contributed by atoms with Gasteiger partial charge in [-0.15, -0.1) is 0 Å². The number of nitrogens with two attached hydrogens (primary N) is 2. The summed E-state index contributed by atoms with van der Waals surface area (Å²) in [6.07, 6.45) is 2.06. The van der Waals surface area contributed by atoms with Crippen molar-refractivity contribution >= 4 is 23.9 Å². The number of nitrogens with zero attached hydrogens (tertiary/aromatic N) is 3. The Hall–Kier alpha value is -4.04. The predicted octanol–water partition coefficient (Wildman–Crippen LogP) is 0.488. The van der Waals surface area contributed by atoms with Crippen LogP contribution in [0.3, 0.4) is 0 Å². The van der Waals surface area contributed by atoms with Crippen molar-refractivity contribution in [3.63, 3.8) is 0 Å². The molecule has 1 spiro atoms. The van der Waals surface area contributed by atoms with Crippen molar-refractivity contribution in [3.05, 3.63) is 35.1 Å². The first-order chi connectivity index (χ1) is 21.3. The van der Waals surface area contributed by atoms with Crippen molar-refractivity contribution in [2.24, 2.45) is 16.5 Å². The molecule has 0 radical (unpaired) electrons. The number of amides is 3. The molecule has 2 aliphatic heterocycles. The number of hydrogen-bond donors (Lipinski definition) is 5. The van der Waals surface area contributed by atoms with E-state index in [-0.39, 0.29) is 43.3 Å². The van der Waals surface area contributed by atoms with E-state index in [1.165, 1.54) is 11.8 Å². The Morgan fingerprint density at radius 1 is 1.31 bits per heavy atom. The lowest BCUT2D eigenvalue weighted by atomic mass is 9.54. The minimum atomic E-state index is -1.19. The number of aliphatic hydroxyl groups is 1. The van der Waals surface area contributed by atoms with Crippen LogP contribution < -0.4 is 31.6 Å². The third-order valence-electron chi connectivity index (χ3n) is 9.44. The Morgan fingerprint density at radius 3 is 2.71 bits per heavy atom. The minimum Gasteiger partial charge on any atom is -0.493 e. The van der Waals surface area contributed by atoms with Crippen LogP contribution in [0.4, 0.5) is 4.79 Å². The Bertz CT molecular complexity index is 1360. The lowest BCUT2D eigenvalue weighted by Crippen LogP contribution is -2.71. The fourth-order valence-corrected chi connectivity index (χ4v) is 6.91. The maximum absolute atomic E-state index is 13.3. The molecule has 3 amide bonds. The zero-order valence-electron chi connectivity index (χ0n) is 27.0. The van der Waals surface area contributed by atoms with Crippen LogP contribution in [0.2, 0.25) is 0 Å². The molecule has 4 rings (SSSR count). The average Bonchev–Trinajstić information content (AvgIpc) is 3.35. The molecule has 0 aromatic heterocycles. The van der Waals surface area contributed by atoms with Crippen molar-refractivity contribution in [1.29, 1.82) is 0 Å². The summed E-state index contributed by atoms with van der Waals surface area (Å²) in [5, 5.41) is 17.8. The van der Waals surface area contributed by atoms with E-state index in [4.69, 9.17) is 25.7 Å². The number of carbonyl (C=O) groups is 3. The molecule has 0 bridgehead atoms. The SMILES string of the molecule is COc1ccc(C)c2c1OC1C(OC(=O)N(C)CCNC(=O)C(CCCN=C(N)N)NC(C)=O)=CCC3(O)C(C)N(C)CCC213. The highest BCUT2D eigenvalue weighted by atomic mass is 16.6. The Morgan fingerprint density at radius 2 is 2.04 bits per heavy atom. The third-order valence-corrected chi connectivity index (χ3v) is 9.44. The minimum absolute atomic E-state index is 0.0416. The average molecular weight is 630 g/mol. The van der Waals surface area contributed by atoms with Gasteiger partial charge in [-0.25, -0.2) is 4.79 Å². The first-order valence-corrected chi connectivity index (χ1v) is 15.3. The van der Waals surface area contributed by atoms with Gasteiger partial charge in [-0.05, 0) is 64.4 Å². The smallest absolute Gasteiger partial charge is 0.414 e. The number of fused-ring (bicyclic) bond motifs is 1. The summed E-state index contributed by atoms with van der Waals surface area (Å²) in [5.41, 5.74) is 10.5. The fourth-order valence-electron chi connectivity index (χ4n) is 6.91. The molecule has 1 saturated heterocycles. The highest BCUT2D eigenvalue weighted by Gasteiger charge is 2.69. The molecule has 1 fully saturated rings. The van der Waals surface area contributed by atoms with Crippen LogP contribution in [0.5, 0.6) is 11.5 Å². The number of aryl methyl sites for hydroxylation is 1. The van der Waals surface area contributed by atoms with Gasteiger partial charge in [0.25, 0.3) is 0 Å². The predicted molar refractivity (Wildman–Crippen MR) is 168 cm³/mol. The van der Waals surface area contributed by atoms with E-state index < -0.39 is 29.3 Å². The van der Waals surface area contributed by atoms with Gasteiger partial charge in [0, 0.05) is 51.6 Å². The highest BCUT2D eigenvalue weighted by Crippen LogP contribution is 2.62. The van der Waals surface area contributed by atoms with Gasteiger partial charge in [0.1, 0.15) is 11.8 Å². The van der Waals surface area contributed by atoms with Crippen LogP contribution in [-0.2, 0) is 19.7 Å². The molecular formula is C31H47N7O7. The number of hydrogen-bond acceptors (Lipinski definition) is 9. The maximum Gasteiger partial charge on any atom is 0.414 e. The zero-order chi connectivity index (χ0) is 33.1. The second-order valence-corrected chi connectivity index (χ2v) is 12.2. The van der Waals surface area contributed by atoms with Gasteiger partial charge in [-0.1, -0.05) is 6.07 Å². The van der Waals surface area contributed by atoms with Crippen molar-refractivity contribution in [3.8, 4) is 11.5 Å². The van der Waals surface area contributed by atoms with Gasteiger partial charge in [0.2, 0.25) is 11.8 Å². The summed E-state index contributed by atoms with van der Waals surface area (Å²) in [6, 6.07) is 2.85. The Kier molecular flexibility index (Phi) is 10.2. The van der Waals surface area contributed by atoms with Crippen LogP contribution in [0.1, 0.15) is 50.7 Å². The number of guanidine groups is 1. The second-order valence-electron chi connectivity index (χ2n) is 12.2. The lowest BCUT2D eigenvalue weighted by Gasteiger charge is -2.58. The number of likely N-dealkylation sites (N-methyl/N-ethyl adjacent to an activating group) is 2. The molecule has 3 aliphatic rings. The third kappa shape index (κ3) is 6.39. The molecule has 1 aromatic rings. The molecule has 1 aromatic carbocycles. The Labute approximate surface area is 264 Å². The molecule has 0 saturated carbocycles. The molecule has 45 heavy (non-hydrogen) atoms. The first-order valence-electron chi connectivity index (χ1n) is 15.3. The van der Waals surface area contributed by atoms with E-state index in [9.17, 15) is 19.5 Å². The molecule has 5 unspecified atom stereocenters. The van der Waals surface area contributed by atoms with Gasteiger partial charge in [0.15, 0.2) is 23.6 Å². The number of piperidine rings is 1. The quantitative estimate of drug-likeness (QED) is 0.131. The van der Waals surface area contributed by atoms with Gasteiger partial charge >= 0.3 is 6.09 Å². The van der Waals surface area contributed by atoms with Crippen LogP contribution >= 0.6 is 0 Å².